The van der Waals surface area contributed by atoms with Crippen molar-refractivity contribution in [2.45, 2.75) is 0 Å². The van der Waals surface area contributed by atoms with Crippen LogP contribution in [-0.2, 0) is 0 Å². The van der Waals surface area contributed by atoms with Crippen LogP contribution in [0.15, 0.2) is 0 Å². The molecule has 0 saturated heterocycles. The van der Waals surface area contributed by atoms with Crippen LogP contribution in [0, 0.1) is 0 Å². The first-order valence-corrected chi connectivity index (χ1v) is 4.63. The first kappa shape index (κ1) is 9.26. The molecule has 0 radical (unpaired) electrons. The summed E-state index contributed by atoms with van der Waals surface area (Å²) in [6.45, 7) is 0. The van der Waals surface area contributed by atoms with Gasteiger partial charge in [-0.05, 0) is 11.5 Å². The summed E-state index contributed by atoms with van der Waals surface area (Å²) in [7, 11) is 0. The van der Waals surface area contributed by atoms with Gasteiger partial charge in [0.2, 0.25) is 0 Å². The lowest BCUT2D eigenvalue weighted by atomic mass is 10.4. The predicted octanol–water partition coefficient (Wildman–Crippen LogP) is 2.87. The number of hydrogen-bond donors (Lipinski definition) is 0. The van der Waals surface area contributed by atoms with Gasteiger partial charge in [-0.15, -0.1) is 11.6 Å². The maximum Gasteiger partial charge on any atom is 0.190 e. The van der Waals surface area contributed by atoms with Crippen LogP contribution in [0.3, 0.4) is 0 Å². The van der Waals surface area contributed by atoms with E-state index in [2.05, 4.69) is 4.37 Å². The molecule has 1 rings (SSSR count). The standard InChI is InChI=1S/C5H2Cl3NOS/c6-1-2(10)4-3(7)5(8)9-11-4/h1H2. The second-order valence-electron chi connectivity index (χ2n) is 1.67. The summed E-state index contributed by atoms with van der Waals surface area (Å²) >= 11 is 17.4. The molecule has 1 aromatic rings. The smallest absolute Gasteiger partial charge is 0.190 e. The van der Waals surface area contributed by atoms with Crippen LogP contribution in [0.2, 0.25) is 10.2 Å². The highest BCUT2D eigenvalue weighted by Crippen LogP contribution is 2.28. The summed E-state index contributed by atoms with van der Waals surface area (Å²) in [4.78, 5) is 11.3. The Morgan fingerprint density at radius 3 is 2.55 bits per heavy atom. The largest absolute Gasteiger partial charge is 0.292 e. The van der Waals surface area contributed by atoms with Crippen molar-refractivity contribution in [3.8, 4) is 0 Å². The number of alkyl halides is 1. The number of nitrogens with zero attached hydrogens (tertiary/aromatic N) is 1. The molecular weight excluding hydrogens is 228 g/mol. The molecule has 0 unspecified atom stereocenters. The van der Waals surface area contributed by atoms with Crippen molar-refractivity contribution in [1.82, 2.24) is 4.37 Å². The summed E-state index contributed by atoms with van der Waals surface area (Å²) in [5.74, 6) is -0.348. The average molecular weight is 231 g/mol. The Labute approximate surface area is 82.2 Å². The van der Waals surface area contributed by atoms with Crippen LogP contribution in [0.4, 0.5) is 0 Å². The van der Waals surface area contributed by atoms with Gasteiger partial charge >= 0.3 is 0 Å². The maximum atomic E-state index is 10.9. The molecule has 0 aliphatic rings. The highest BCUT2D eigenvalue weighted by atomic mass is 35.5. The van der Waals surface area contributed by atoms with Gasteiger partial charge in [0.05, 0.1) is 5.88 Å². The summed E-state index contributed by atoms with van der Waals surface area (Å²) in [5, 5.41) is 0.354. The zero-order valence-electron chi connectivity index (χ0n) is 5.10. The van der Waals surface area contributed by atoms with Gasteiger partial charge in [0.25, 0.3) is 0 Å². The van der Waals surface area contributed by atoms with E-state index in [1.54, 1.807) is 0 Å². The van der Waals surface area contributed by atoms with E-state index in [1.165, 1.54) is 0 Å². The Hall–Kier alpha value is 0.170. The fourth-order valence-electron chi connectivity index (χ4n) is 0.494. The number of rotatable bonds is 2. The molecule has 0 saturated carbocycles. The molecule has 6 heteroatoms. The van der Waals surface area contributed by atoms with Crippen LogP contribution >= 0.6 is 46.3 Å². The SMILES string of the molecule is O=C(CCl)c1snc(Cl)c1Cl. The number of carbonyl (C=O) groups excluding carboxylic acids is 1. The van der Waals surface area contributed by atoms with Gasteiger partial charge in [-0.1, -0.05) is 23.2 Å². The molecule has 1 heterocycles. The molecule has 1 aromatic heterocycles. The number of carbonyl (C=O) groups is 1. The molecular formula is C5H2Cl3NOS. The molecule has 0 spiro atoms. The average Bonchev–Trinajstić information content (AvgIpc) is 2.32. The van der Waals surface area contributed by atoms with E-state index >= 15 is 0 Å². The Morgan fingerprint density at radius 1 is 1.55 bits per heavy atom. The minimum absolute atomic E-state index is 0.0990. The third-order valence-electron chi connectivity index (χ3n) is 0.972. The Bertz CT molecular complexity index is 285. The molecule has 0 atom stereocenters. The first-order chi connectivity index (χ1) is 5.16. The molecule has 0 aliphatic carbocycles. The predicted molar refractivity (Wildman–Crippen MR) is 47.2 cm³/mol. The van der Waals surface area contributed by atoms with Crippen molar-refractivity contribution < 1.29 is 4.79 Å². The number of ketones is 1. The van der Waals surface area contributed by atoms with E-state index in [0.717, 1.165) is 11.5 Å². The van der Waals surface area contributed by atoms with Crippen molar-refractivity contribution in [3.63, 3.8) is 0 Å². The zero-order chi connectivity index (χ0) is 8.43. The van der Waals surface area contributed by atoms with Gasteiger partial charge < -0.3 is 0 Å². The second kappa shape index (κ2) is 3.72. The van der Waals surface area contributed by atoms with Gasteiger partial charge in [-0.2, -0.15) is 4.37 Å². The Kier molecular flexibility index (Phi) is 3.13. The molecule has 0 N–H and O–H groups in total. The summed E-state index contributed by atoms with van der Waals surface area (Å²) in [6.07, 6.45) is 0. The molecule has 0 aliphatic heterocycles. The van der Waals surface area contributed by atoms with Gasteiger partial charge in [-0.3, -0.25) is 4.79 Å². The van der Waals surface area contributed by atoms with Gasteiger partial charge in [-0.25, -0.2) is 0 Å². The van der Waals surface area contributed by atoms with Crippen molar-refractivity contribution >= 4 is 52.1 Å². The maximum absolute atomic E-state index is 10.9. The van der Waals surface area contributed by atoms with Gasteiger partial charge in [0.1, 0.15) is 9.90 Å². The fraction of sp³-hybridized carbons (Fsp3) is 0.200. The molecule has 60 valence electrons. The number of Topliss-reactive ketones (excluding diaryl/α,β-unsaturated/α-hetero) is 1. The molecule has 2 nitrogen and oxygen atoms in total. The zero-order valence-corrected chi connectivity index (χ0v) is 8.19. The summed E-state index contributed by atoms with van der Waals surface area (Å²) in [5.41, 5.74) is 0. The Balaban J connectivity index is 3.04. The minimum Gasteiger partial charge on any atom is -0.292 e. The topological polar surface area (TPSA) is 30.0 Å². The highest BCUT2D eigenvalue weighted by molar-refractivity contribution is 7.09. The Morgan fingerprint density at radius 2 is 2.18 bits per heavy atom. The van der Waals surface area contributed by atoms with Crippen LogP contribution in [-0.4, -0.2) is 16.0 Å². The third-order valence-corrected chi connectivity index (χ3v) is 3.05. The molecule has 0 fully saturated rings. The third kappa shape index (κ3) is 1.85. The van der Waals surface area contributed by atoms with Crippen molar-refractivity contribution in [2.24, 2.45) is 0 Å². The second-order valence-corrected chi connectivity index (χ2v) is 3.45. The minimum atomic E-state index is -0.249. The monoisotopic (exact) mass is 229 g/mol. The normalized spacial score (nSPS) is 10.1. The van der Waals surface area contributed by atoms with E-state index in [4.69, 9.17) is 34.8 Å². The van der Waals surface area contributed by atoms with Crippen LogP contribution in [0.25, 0.3) is 0 Å². The van der Waals surface area contributed by atoms with Crippen LogP contribution < -0.4 is 0 Å². The van der Waals surface area contributed by atoms with Crippen molar-refractivity contribution in [3.05, 3.63) is 15.1 Å². The van der Waals surface area contributed by atoms with Crippen molar-refractivity contribution in [2.75, 3.05) is 5.88 Å². The lowest BCUT2D eigenvalue weighted by Crippen LogP contribution is -1.96. The number of hydrogen-bond acceptors (Lipinski definition) is 3. The van der Waals surface area contributed by atoms with E-state index in [1.807, 2.05) is 0 Å². The summed E-state index contributed by atoms with van der Waals surface area (Å²) in [6, 6.07) is 0. The summed E-state index contributed by atoms with van der Waals surface area (Å²) < 4.78 is 3.68. The molecule has 0 amide bonds. The lowest BCUT2D eigenvalue weighted by Gasteiger charge is -1.88. The van der Waals surface area contributed by atoms with E-state index in [-0.39, 0.29) is 21.8 Å². The van der Waals surface area contributed by atoms with Crippen LogP contribution in [0.5, 0.6) is 0 Å². The van der Waals surface area contributed by atoms with E-state index in [0.29, 0.717) is 4.88 Å². The van der Waals surface area contributed by atoms with Crippen LogP contribution in [0.1, 0.15) is 9.67 Å². The van der Waals surface area contributed by atoms with Gasteiger partial charge in [0, 0.05) is 0 Å². The molecule has 11 heavy (non-hydrogen) atoms. The van der Waals surface area contributed by atoms with E-state index < -0.39 is 0 Å². The quantitative estimate of drug-likeness (QED) is 0.578. The number of aromatic nitrogens is 1. The molecule has 0 aromatic carbocycles. The van der Waals surface area contributed by atoms with Crippen molar-refractivity contribution in [1.29, 1.82) is 0 Å². The molecule has 0 bridgehead atoms. The highest BCUT2D eigenvalue weighted by Gasteiger charge is 2.15. The lowest BCUT2D eigenvalue weighted by molar-refractivity contribution is 0.102. The first-order valence-electron chi connectivity index (χ1n) is 2.56. The van der Waals surface area contributed by atoms with E-state index in [9.17, 15) is 4.79 Å². The van der Waals surface area contributed by atoms with Gasteiger partial charge in [0.15, 0.2) is 10.9 Å². The number of halogens is 3. The fourth-order valence-corrected chi connectivity index (χ4v) is 1.88.